The Hall–Kier alpha value is -1.04. The van der Waals surface area contributed by atoms with Crippen LogP contribution in [0.25, 0.3) is 0 Å². The van der Waals surface area contributed by atoms with Crippen LogP contribution in [0.1, 0.15) is 46.0 Å². The fourth-order valence-electron chi connectivity index (χ4n) is 3.72. The van der Waals surface area contributed by atoms with E-state index in [1.807, 2.05) is 0 Å². The quantitative estimate of drug-likeness (QED) is 0.628. The number of esters is 1. The molecule has 0 heterocycles. The molecule has 0 aromatic rings. The number of ether oxygens (including phenoxy) is 1. The number of allylic oxidation sites excluding steroid dienone is 1. The van der Waals surface area contributed by atoms with Gasteiger partial charge >= 0.3 is 12.1 Å². The molecule has 2 aliphatic rings. The Morgan fingerprint density at radius 3 is 2.76 bits per heavy atom. The van der Waals surface area contributed by atoms with E-state index in [9.17, 15) is 23.1 Å². The summed E-state index contributed by atoms with van der Waals surface area (Å²) in [5.41, 5.74) is -4.39. The zero-order valence-electron chi connectivity index (χ0n) is 12.3. The van der Waals surface area contributed by atoms with E-state index in [4.69, 9.17) is 4.74 Å². The van der Waals surface area contributed by atoms with Crippen molar-refractivity contribution in [1.29, 1.82) is 0 Å². The highest BCUT2D eigenvalue weighted by molar-refractivity contribution is 5.79. The van der Waals surface area contributed by atoms with Crippen molar-refractivity contribution < 1.29 is 27.8 Å². The zero-order chi connectivity index (χ0) is 15.9. The van der Waals surface area contributed by atoms with Gasteiger partial charge in [-0.25, -0.2) is 0 Å². The number of carbonyl (C=O) groups is 1. The molecule has 6 heteroatoms. The van der Waals surface area contributed by atoms with Crippen LogP contribution in [0.4, 0.5) is 13.2 Å². The lowest BCUT2D eigenvalue weighted by Gasteiger charge is -2.53. The number of hydrogen-bond donors (Lipinski definition) is 1. The van der Waals surface area contributed by atoms with E-state index >= 15 is 0 Å². The minimum absolute atomic E-state index is 0.00424. The molecule has 3 atom stereocenters. The maximum atomic E-state index is 13.7. The minimum atomic E-state index is -4.88. The van der Waals surface area contributed by atoms with Crippen molar-refractivity contribution in [3.63, 3.8) is 0 Å². The molecular weight excluding hydrogens is 285 g/mol. The molecular formula is C15H21F3O3. The van der Waals surface area contributed by atoms with E-state index in [1.165, 1.54) is 6.92 Å². The number of carbonyl (C=O) groups excluding carboxylic acids is 1. The Bertz CT molecular complexity index is 458. The lowest BCUT2D eigenvalue weighted by atomic mass is 9.55. The lowest BCUT2D eigenvalue weighted by molar-refractivity contribution is -0.321. The van der Waals surface area contributed by atoms with Gasteiger partial charge in [-0.05, 0) is 46.0 Å². The molecule has 120 valence electrons. The normalized spacial score (nSPS) is 36.7. The van der Waals surface area contributed by atoms with Gasteiger partial charge in [0, 0.05) is 5.92 Å². The molecule has 1 saturated carbocycles. The molecule has 2 aliphatic carbocycles. The molecule has 0 radical (unpaired) electrons. The van der Waals surface area contributed by atoms with Crippen molar-refractivity contribution in [2.24, 2.45) is 11.3 Å². The molecule has 0 aromatic carbocycles. The van der Waals surface area contributed by atoms with E-state index in [-0.39, 0.29) is 19.4 Å². The van der Waals surface area contributed by atoms with E-state index < -0.39 is 29.1 Å². The minimum Gasteiger partial charge on any atom is -0.465 e. The zero-order valence-corrected chi connectivity index (χ0v) is 12.3. The molecule has 0 unspecified atom stereocenters. The summed E-state index contributed by atoms with van der Waals surface area (Å²) in [4.78, 5) is 12.2. The van der Waals surface area contributed by atoms with Crippen molar-refractivity contribution in [3.8, 4) is 0 Å². The lowest BCUT2D eigenvalue weighted by Crippen LogP contribution is -2.67. The van der Waals surface area contributed by atoms with Crippen molar-refractivity contribution >= 4 is 5.97 Å². The van der Waals surface area contributed by atoms with Gasteiger partial charge in [0.15, 0.2) is 5.60 Å². The molecule has 0 aliphatic heterocycles. The van der Waals surface area contributed by atoms with Crippen molar-refractivity contribution in [1.82, 2.24) is 0 Å². The van der Waals surface area contributed by atoms with E-state index in [0.717, 1.165) is 6.42 Å². The maximum absolute atomic E-state index is 13.7. The Morgan fingerprint density at radius 2 is 2.19 bits per heavy atom. The van der Waals surface area contributed by atoms with Gasteiger partial charge < -0.3 is 9.84 Å². The Kier molecular flexibility index (Phi) is 4.12. The third kappa shape index (κ3) is 2.28. The molecule has 21 heavy (non-hydrogen) atoms. The van der Waals surface area contributed by atoms with Gasteiger partial charge in [0.05, 0.1) is 6.61 Å². The summed E-state index contributed by atoms with van der Waals surface area (Å²) < 4.78 is 46.0. The van der Waals surface area contributed by atoms with Crippen LogP contribution in [-0.2, 0) is 9.53 Å². The van der Waals surface area contributed by atoms with E-state index in [1.54, 1.807) is 13.0 Å². The Morgan fingerprint density at radius 1 is 1.52 bits per heavy atom. The van der Waals surface area contributed by atoms with Gasteiger partial charge in [-0.1, -0.05) is 11.6 Å². The van der Waals surface area contributed by atoms with Crippen molar-refractivity contribution in [3.05, 3.63) is 11.6 Å². The highest BCUT2D eigenvalue weighted by atomic mass is 19.4. The summed E-state index contributed by atoms with van der Waals surface area (Å²) in [7, 11) is 0. The van der Waals surface area contributed by atoms with Crippen LogP contribution in [0.2, 0.25) is 0 Å². The number of fused-ring (bicyclic) bond motifs is 1. The summed E-state index contributed by atoms with van der Waals surface area (Å²) in [6.45, 7) is 2.72. The average Bonchev–Trinajstić information content (AvgIpc) is 2.42. The van der Waals surface area contributed by atoms with Crippen LogP contribution in [0.5, 0.6) is 0 Å². The Balaban J connectivity index is 2.53. The van der Waals surface area contributed by atoms with Crippen molar-refractivity contribution in [2.75, 3.05) is 6.61 Å². The first-order valence-corrected chi connectivity index (χ1v) is 7.33. The first kappa shape index (κ1) is 16.3. The molecule has 1 fully saturated rings. The second kappa shape index (κ2) is 5.30. The summed E-state index contributed by atoms with van der Waals surface area (Å²) in [6, 6.07) is 0. The standard InChI is InChI=1S/C15H21F3O3/c1-3-21-12(19)13(2)9-8-10-6-4-5-7-11(10)14(13,20)15(16,17)18/h6,11,20H,3-5,7-9H2,1-2H3/t11-,13-,14-/m0/s1. The first-order chi connectivity index (χ1) is 9.68. The SMILES string of the molecule is CCOC(=O)[C@]1(C)CCC2=CCCC[C@@H]2[C@@]1(O)C(F)(F)F. The number of rotatable bonds is 2. The summed E-state index contributed by atoms with van der Waals surface area (Å²) in [6.07, 6.45) is -1.17. The third-order valence-corrected chi connectivity index (χ3v) is 4.97. The highest BCUT2D eigenvalue weighted by Gasteiger charge is 2.72. The van der Waals surface area contributed by atoms with Gasteiger partial charge in [0.25, 0.3) is 0 Å². The Labute approximate surface area is 122 Å². The van der Waals surface area contributed by atoms with E-state index in [0.29, 0.717) is 18.4 Å². The maximum Gasteiger partial charge on any atom is 0.418 e. The highest BCUT2D eigenvalue weighted by Crippen LogP contribution is 2.59. The molecule has 3 nitrogen and oxygen atoms in total. The molecule has 2 rings (SSSR count). The molecule has 0 amide bonds. The fraction of sp³-hybridized carbons (Fsp3) is 0.800. The summed E-state index contributed by atoms with van der Waals surface area (Å²) in [5, 5.41) is 10.7. The summed E-state index contributed by atoms with van der Waals surface area (Å²) in [5.74, 6) is -2.01. The topological polar surface area (TPSA) is 46.5 Å². The smallest absolute Gasteiger partial charge is 0.418 e. The number of alkyl halides is 3. The molecule has 1 N–H and O–H groups in total. The van der Waals surface area contributed by atoms with Crippen molar-refractivity contribution in [2.45, 2.75) is 57.7 Å². The predicted octanol–water partition coefficient (Wildman–Crippen LogP) is 3.37. The van der Waals surface area contributed by atoms with Crippen LogP contribution in [0, 0.1) is 11.3 Å². The molecule has 0 saturated heterocycles. The molecule has 0 spiro atoms. The number of aliphatic hydroxyl groups is 1. The largest absolute Gasteiger partial charge is 0.465 e. The van der Waals surface area contributed by atoms with Gasteiger partial charge in [0.1, 0.15) is 5.41 Å². The second-order valence-corrected chi connectivity index (χ2v) is 6.08. The molecule has 0 aromatic heterocycles. The fourth-order valence-corrected chi connectivity index (χ4v) is 3.72. The average molecular weight is 306 g/mol. The van der Waals surface area contributed by atoms with Crippen LogP contribution in [-0.4, -0.2) is 29.5 Å². The first-order valence-electron chi connectivity index (χ1n) is 7.33. The van der Waals surface area contributed by atoms with Crippen LogP contribution in [0.3, 0.4) is 0 Å². The van der Waals surface area contributed by atoms with Crippen LogP contribution < -0.4 is 0 Å². The van der Waals surface area contributed by atoms with Gasteiger partial charge in [0.2, 0.25) is 0 Å². The third-order valence-electron chi connectivity index (χ3n) is 4.97. The monoisotopic (exact) mass is 306 g/mol. The van der Waals surface area contributed by atoms with Gasteiger partial charge in [-0.2, -0.15) is 13.2 Å². The van der Waals surface area contributed by atoms with Gasteiger partial charge in [-0.15, -0.1) is 0 Å². The van der Waals surface area contributed by atoms with Gasteiger partial charge in [-0.3, -0.25) is 4.79 Å². The molecule has 0 bridgehead atoms. The number of hydrogen-bond acceptors (Lipinski definition) is 3. The van der Waals surface area contributed by atoms with Crippen LogP contribution in [0.15, 0.2) is 11.6 Å². The van der Waals surface area contributed by atoms with Crippen LogP contribution >= 0.6 is 0 Å². The second-order valence-electron chi connectivity index (χ2n) is 6.08. The number of halogens is 3. The van der Waals surface area contributed by atoms with E-state index in [2.05, 4.69) is 0 Å². The predicted molar refractivity (Wildman–Crippen MR) is 70.4 cm³/mol. The summed E-state index contributed by atoms with van der Waals surface area (Å²) >= 11 is 0.